The zero-order valence-electron chi connectivity index (χ0n) is 8.19. The number of nitrogens with zero attached hydrogens (tertiary/aromatic N) is 1. The van der Waals surface area contributed by atoms with Crippen LogP contribution in [0, 0.1) is 0 Å². The van der Waals surface area contributed by atoms with Gasteiger partial charge in [-0.1, -0.05) is 0 Å². The third-order valence-corrected chi connectivity index (χ3v) is 3.33. The molecular weight excluding hydrogens is 208 g/mol. The molecule has 7 heteroatoms. The molecule has 0 spiro atoms. The Morgan fingerprint density at radius 1 is 1.64 bits per heavy atom. The number of ether oxygens (including phenoxy) is 1. The number of likely N-dealkylation sites (N-methyl/N-ethyl adjacent to an activating group) is 1. The smallest absolute Gasteiger partial charge is 0.410 e. The number of amides is 1. The molecule has 1 atom stereocenters. The molecule has 1 heterocycles. The first-order valence-corrected chi connectivity index (χ1v) is 5.99. The summed E-state index contributed by atoms with van der Waals surface area (Å²) in [6, 6.07) is 0. The number of cyclic esters (lactones) is 1. The topological polar surface area (TPSA) is 75.7 Å². The lowest BCUT2D eigenvalue weighted by atomic mass is 10.4. The molecule has 1 unspecified atom stereocenters. The molecule has 14 heavy (non-hydrogen) atoms. The quantitative estimate of drug-likeness (QED) is 0.687. The molecule has 0 radical (unpaired) electrons. The average molecular weight is 222 g/mol. The van der Waals surface area contributed by atoms with Crippen molar-refractivity contribution in [1.82, 2.24) is 9.62 Å². The zero-order chi connectivity index (χ0) is 10.8. The summed E-state index contributed by atoms with van der Waals surface area (Å²) in [4.78, 5) is 12.3. The minimum absolute atomic E-state index is 0.0313. The fourth-order valence-electron chi connectivity index (χ4n) is 1.08. The maximum absolute atomic E-state index is 11.1. The Morgan fingerprint density at radius 3 is 2.71 bits per heavy atom. The third-order valence-electron chi connectivity index (χ3n) is 1.97. The first-order chi connectivity index (χ1) is 6.44. The van der Waals surface area contributed by atoms with Crippen LogP contribution in [0.1, 0.15) is 6.92 Å². The van der Waals surface area contributed by atoms with E-state index in [0.29, 0.717) is 6.54 Å². The molecule has 0 aromatic heterocycles. The van der Waals surface area contributed by atoms with Crippen LogP contribution in [0.2, 0.25) is 0 Å². The number of nitrogens with one attached hydrogen (secondary N) is 1. The van der Waals surface area contributed by atoms with E-state index >= 15 is 0 Å². The maximum Gasteiger partial charge on any atom is 0.410 e. The number of hydrogen-bond acceptors (Lipinski definition) is 4. The summed E-state index contributed by atoms with van der Waals surface area (Å²) < 4.78 is 29.3. The van der Waals surface area contributed by atoms with E-state index in [0.717, 1.165) is 0 Å². The lowest BCUT2D eigenvalue weighted by Gasteiger charge is -2.08. The second-order valence-electron chi connectivity index (χ2n) is 3.14. The van der Waals surface area contributed by atoms with E-state index in [1.54, 1.807) is 14.0 Å². The van der Waals surface area contributed by atoms with Gasteiger partial charge in [-0.3, -0.25) is 0 Å². The van der Waals surface area contributed by atoms with Crippen molar-refractivity contribution in [2.45, 2.75) is 13.0 Å². The highest BCUT2D eigenvalue weighted by molar-refractivity contribution is 7.89. The van der Waals surface area contributed by atoms with Gasteiger partial charge in [0.25, 0.3) is 0 Å². The Kier molecular flexibility index (Phi) is 3.33. The summed E-state index contributed by atoms with van der Waals surface area (Å²) in [5.41, 5.74) is 0. The van der Waals surface area contributed by atoms with Crippen molar-refractivity contribution in [2.24, 2.45) is 0 Å². The average Bonchev–Trinajstić information content (AvgIpc) is 2.44. The molecular formula is C7H14N2O4S. The summed E-state index contributed by atoms with van der Waals surface area (Å²) in [6.07, 6.45) is -0.792. The van der Waals surface area contributed by atoms with Crippen LogP contribution in [0.15, 0.2) is 0 Å². The highest BCUT2D eigenvalue weighted by Crippen LogP contribution is 2.07. The zero-order valence-corrected chi connectivity index (χ0v) is 9.00. The molecule has 1 amide bonds. The van der Waals surface area contributed by atoms with Crippen molar-refractivity contribution in [1.29, 1.82) is 0 Å². The minimum Gasteiger partial charge on any atom is -0.443 e. The first-order valence-electron chi connectivity index (χ1n) is 4.33. The number of carbonyl (C=O) groups excluding carboxylic acids is 1. The van der Waals surface area contributed by atoms with E-state index in [2.05, 4.69) is 4.72 Å². The van der Waals surface area contributed by atoms with Crippen molar-refractivity contribution >= 4 is 16.1 Å². The van der Waals surface area contributed by atoms with Crippen LogP contribution in [-0.4, -0.2) is 51.4 Å². The molecule has 1 N–H and O–H groups in total. The summed E-state index contributed by atoms with van der Waals surface area (Å²) >= 11 is 0. The lowest BCUT2D eigenvalue weighted by molar-refractivity contribution is 0.135. The van der Waals surface area contributed by atoms with Gasteiger partial charge in [-0.2, -0.15) is 0 Å². The second kappa shape index (κ2) is 4.14. The number of sulfonamides is 1. The molecule has 1 aliphatic heterocycles. The SMILES string of the molecule is CCS(=O)(=O)NCC1CN(C)C(=O)O1. The van der Waals surface area contributed by atoms with Gasteiger partial charge in [0.1, 0.15) is 6.10 Å². The first kappa shape index (κ1) is 11.3. The van der Waals surface area contributed by atoms with Crippen molar-refractivity contribution in [3.05, 3.63) is 0 Å². The van der Waals surface area contributed by atoms with E-state index in [4.69, 9.17) is 4.74 Å². The second-order valence-corrected chi connectivity index (χ2v) is 5.23. The monoisotopic (exact) mass is 222 g/mol. The van der Waals surface area contributed by atoms with Gasteiger partial charge in [0.05, 0.1) is 12.3 Å². The van der Waals surface area contributed by atoms with Crippen LogP contribution in [-0.2, 0) is 14.8 Å². The van der Waals surface area contributed by atoms with E-state index in [9.17, 15) is 13.2 Å². The van der Waals surface area contributed by atoms with E-state index in [1.807, 2.05) is 0 Å². The molecule has 1 saturated heterocycles. The molecule has 6 nitrogen and oxygen atoms in total. The van der Waals surface area contributed by atoms with Crippen LogP contribution in [0.5, 0.6) is 0 Å². The van der Waals surface area contributed by atoms with Crippen LogP contribution in [0.4, 0.5) is 4.79 Å². The summed E-state index contributed by atoms with van der Waals surface area (Å²) in [7, 11) is -1.59. The normalized spacial score (nSPS) is 22.6. The molecule has 1 fully saturated rings. The highest BCUT2D eigenvalue weighted by atomic mass is 32.2. The summed E-state index contributed by atoms with van der Waals surface area (Å²) in [6.45, 7) is 2.12. The number of rotatable bonds is 4. The Morgan fingerprint density at radius 2 is 2.29 bits per heavy atom. The van der Waals surface area contributed by atoms with Gasteiger partial charge in [-0.05, 0) is 6.92 Å². The number of carbonyl (C=O) groups is 1. The van der Waals surface area contributed by atoms with Crippen LogP contribution in [0.25, 0.3) is 0 Å². The van der Waals surface area contributed by atoms with Crippen LogP contribution >= 0.6 is 0 Å². The fraction of sp³-hybridized carbons (Fsp3) is 0.857. The van der Waals surface area contributed by atoms with Crippen LogP contribution in [0.3, 0.4) is 0 Å². The van der Waals surface area contributed by atoms with Crippen molar-refractivity contribution in [2.75, 3.05) is 25.9 Å². The Hall–Kier alpha value is -0.820. The standard InChI is InChI=1S/C7H14N2O4S/c1-3-14(11,12)8-4-6-5-9(2)7(10)13-6/h6,8H,3-5H2,1-2H3. The lowest BCUT2D eigenvalue weighted by Crippen LogP contribution is -2.34. The molecule has 82 valence electrons. The number of hydrogen-bond donors (Lipinski definition) is 1. The highest BCUT2D eigenvalue weighted by Gasteiger charge is 2.28. The Labute approximate surface area is 83.3 Å². The molecule has 0 saturated carbocycles. The molecule has 0 bridgehead atoms. The van der Waals surface area contributed by atoms with Crippen molar-refractivity contribution < 1.29 is 17.9 Å². The van der Waals surface area contributed by atoms with Gasteiger partial charge in [-0.15, -0.1) is 0 Å². The molecule has 1 aliphatic rings. The Bertz CT molecular complexity index is 314. The van der Waals surface area contributed by atoms with E-state index in [-0.39, 0.29) is 18.4 Å². The minimum atomic E-state index is -3.20. The molecule has 0 aliphatic carbocycles. The molecule has 1 rings (SSSR count). The van der Waals surface area contributed by atoms with Gasteiger partial charge in [0.15, 0.2) is 0 Å². The fourth-order valence-corrected chi connectivity index (χ4v) is 1.72. The molecule has 0 aromatic rings. The summed E-state index contributed by atoms with van der Waals surface area (Å²) in [5.74, 6) is 0.0313. The maximum atomic E-state index is 11.1. The van der Waals surface area contributed by atoms with Gasteiger partial charge < -0.3 is 9.64 Å². The van der Waals surface area contributed by atoms with Gasteiger partial charge in [0.2, 0.25) is 10.0 Å². The molecule has 0 aromatic carbocycles. The van der Waals surface area contributed by atoms with Crippen LogP contribution < -0.4 is 4.72 Å². The predicted octanol–water partition coefficient (Wildman–Crippen LogP) is -0.624. The van der Waals surface area contributed by atoms with Gasteiger partial charge >= 0.3 is 6.09 Å². The third kappa shape index (κ3) is 2.85. The Balaban J connectivity index is 2.38. The van der Waals surface area contributed by atoms with Crippen molar-refractivity contribution in [3.8, 4) is 0 Å². The van der Waals surface area contributed by atoms with Gasteiger partial charge in [0, 0.05) is 13.6 Å². The van der Waals surface area contributed by atoms with E-state index in [1.165, 1.54) is 4.90 Å². The van der Waals surface area contributed by atoms with E-state index < -0.39 is 16.1 Å². The summed E-state index contributed by atoms with van der Waals surface area (Å²) in [5, 5.41) is 0. The van der Waals surface area contributed by atoms with Crippen molar-refractivity contribution in [3.63, 3.8) is 0 Å². The predicted molar refractivity (Wildman–Crippen MR) is 50.4 cm³/mol. The largest absolute Gasteiger partial charge is 0.443 e. The van der Waals surface area contributed by atoms with Gasteiger partial charge in [-0.25, -0.2) is 17.9 Å².